The zero-order chi connectivity index (χ0) is 31.5. The number of rotatable bonds is 8. The summed E-state index contributed by atoms with van der Waals surface area (Å²) in [4.78, 5) is 16.4. The molecule has 4 N–H and O–H groups in total. The molecule has 5 aromatic rings. The number of nitrogens with one attached hydrogen (secondary N) is 2. The van der Waals surface area contributed by atoms with Crippen LogP contribution < -0.4 is 15.8 Å². The number of nitriles is 1. The Morgan fingerprint density at radius 1 is 1.24 bits per heavy atom. The summed E-state index contributed by atoms with van der Waals surface area (Å²) in [6.07, 6.45) is 2.05. The van der Waals surface area contributed by atoms with E-state index in [4.69, 9.17) is 41.5 Å². The van der Waals surface area contributed by atoms with Crippen molar-refractivity contribution in [2.45, 2.75) is 44.6 Å². The number of halogens is 2. The van der Waals surface area contributed by atoms with E-state index in [2.05, 4.69) is 31.5 Å². The summed E-state index contributed by atoms with van der Waals surface area (Å²) < 4.78 is 33.3. The number of thiophene rings is 1. The second-order valence-corrected chi connectivity index (χ2v) is 13.2. The van der Waals surface area contributed by atoms with Crippen LogP contribution in [0.25, 0.3) is 32.1 Å². The lowest BCUT2D eigenvalue weighted by Crippen LogP contribution is -2.42. The van der Waals surface area contributed by atoms with Crippen molar-refractivity contribution in [1.82, 2.24) is 30.0 Å². The van der Waals surface area contributed by atoms with Gasteiger partial charge in [0.05, 0.1) is 52.6 Å². The number of aromatic nitrogens is 5. The molecule has 5 heterocycles. The minimum absolute atomic E-state index is 0.122. The number of hydrogen-bond acceptors (Lipinski definition) is 12. The molecule has 2 aliphatic heterocycles. The summed E-state index contributed by atoms with van der Waals surface area (Å²) in [6, 6.07) is 5.28. The highest BCUT2D eigenvalue weighted by Gasteiger charge is 2.31. The van der Waals surface area contributed by atoms with E-state index in [-0.39, 0.29) is 42.5 Å². The number of benzene rings is 2. The van der Waals surface area contributed by atoms with Crippen LogP contribution in [0, 0.1) is 17.1 Å². The Labute approximate surface area is 271 Å². The molecule has 0 bridgehead atoms. The molecule has 0 radical (unpaired) electrons. The SMILES string of the molecule is CN1CCOC(COc2nc(NCc3nc(C4CC4)n[nH]3)c3c4c(c(-c5ccc(F)c6sc(N)c(C#N)c56)c(Cl)c3n2)COC4)C1. The van der Waals surface area contributed by atoms with Gasteiger partial charge >= 0.3 is 6.01 Å². The average Bonchev–Trinajstić information content (AvgIpc) is 3.43. The molecule has 0 spiro atoms. The fourth-order valence-corrected chi connectivity index (χ4v) is 7.51. The Balaban J connectivity index is 1.27. The minimum Gasteiger partial charge on any atom is -0.461 e. The number of H-pyrrole nitrogens is 1. The fraction of sp³-hybridized carbons (Fsp3) is 0.387. The largest absolute Gasteiger partial charge is 0.461 e. The van der Waals surface area contributed by atoms with Crippen LogP contribution in [0.1, 0.15) is 47.1 Å². The average molecular weight is 662 g/mol. The van der Waals surface area contributed by atoms with E-state index in [9.17, 15) is 9.65 Å². The summed E-state index contributed by atoms with van der Waals surface area (Å²) >= 11 is 8.32. The lowest BCUT2D eigenvalue weighted by Gasteiger charge is -2.29. The minimum atomic E-state index is -0.459. The van der Waals surface area contributed by atoms with Crippen molar-refractivity contribution in [3.63, 3.8) is 0 Å². The molecule has 12 nitrogen and oxygen atoms in total. The number of hydrogen-bond donors (Lipinski definition) is 3. The lowest BCUT2D eigenvalue weighted by molar-refractivity contribution is -0.0416. The Hall–Kier alpha value is -4.13. The third-order valence-corrected chi connectivity index (χ3v) is 10.0. The fourth-order valence-electron chi connectivity index (χ4n) is 6.21. The van der Waals surface area contributed by atoms with Crippen molar-refractivity contribution < 1.29 is 18.6 Å². The number of nitrogens with zero attached hydrogens (tertiary/aromatic N) is 6. The molecular formula is C31H29ClFN9O3S. The number of anilines is 2. The summed E-state index contributed by atoms with van der Waals surface area (Å²) in [5, 5.41) is 22.4. The maximum absolute atomic E-state index is 15.0. The van der Waals surface area contributed by atoms with Crippen molar-refractivity contribution in [3.05, 3.63) is 51.3 Å². The Bertz CT molecular complexity index is 2060. The third-order valence-electron chi connectivity index (χ3n) is 8.63. The molecule has 1 unspecified atom stereocenters. The molecule has 46 heavy (non-hydrogen) atoms. The standard InChI is InChI=1S/C31H29ClFN9O3S/c1-42-6-7-44-15(10-42)11-45-31-38-26-24(30(39-31)36-9-21-37-29(41-40-21)14-2-3-14)19-13-43-12-18(19)22(25(26)32)16-4-5-20(33)27-23(16)17(8-34)28(35)46-27/h4-5,14-15H,2-3,6-7,9-13,35H2,1H3,(H,36,38,39)(H,37,40,41). The monoisotopic (exact) mass is 661 g/mol. The Kier molecular flexibility index (Phi) is 7.38. The van der Waals surface area contributed by atoms with Crippen LogP contribution in [0.2, 0.25) is 5.02 Å². The van der Waals surface area contributed by atoms with Crippen LogP contribution in [0.4, 0.5) is 15.2 Å². The predicted molar refractivity (Wildman–Crippen MR) is 171 cm³/mol. The third kappa shape index (κ3) is 5.08. The van der Waals surface area contributed by atoms with E-state index < -0.39 is 5.82 Å². The number of morpholine rings is 1. The quantitative estimate of drug-likeness (QED) is 0.203. The van der Waals surface area contributed by atoms with E-state index in [0.29, 0.717) is 67.9 Å². The van der Waals surface area contributed by atoms with Gasteiger partial charge in [-0.1, -0.05) is 17.7 Å². The predicted octanol–water partition coefficient (Wildman–Crippen LogP) is 5.11. The molecule has 236 valence electrons. The normalized spacial score (nSPS) is 18.3. The smallest absolute Gasteiger partial charge is 0.319 e. The van der Waals surface area contributed by atoms with Crippen molar-refractivity contribution in [3.8, 4) is 23.2 Å². The lowest BCUT2D eigenvalue weighted by atomic mass is 9.91. The number of ether oxygens (including phenoxy) is 3. The van der Waals surface area contributed by atoms with E-state index >= 15 is 0 Å². The first-order chi connectivity index (χ1) is 22.4. The first-order valence-corrected chi connectivity index (χ1v) is 16.2. The number of fused-ring (bicyclic) bond motifs is 4. The molecular weight excluding hydrogens is 633 g/mol. The van der Waals surface area contributed by atoms with Gasteiger partial charge in [0, 0.05) is 30.0 Å². The highest BCUT2D eigenvalue weighted by molar-refractivity contribution is 7.23. The van der Waals surface area contributed by atoms with Crippen LogP contribution in [0.3, 0.4) is 0 Å². The van der Waals surface area contributed by atoms with Crippen LogP contribution in [0.15, 0.2) is 12.1 Å². The molecule has 2 fully saturated rings. The summed E-state index contributed by atoms with van der Waals surface area (Å²) in [7, 11) is 2.04. The molecule has 0 amide bonds. The van der Waals surface area contributed by atoms with Crippen molar-refractivity contribution in [2.75, 3.05) is 44.4 Å². The second kappa shape index (κ2) is 11.6. The maximum atomic E-state index is 15.0. The Morgan fingerprint density at radius 3 is 2.89 bits per heavy atom. The summed E-state index contributed by atoms with van der Waals surface area (Å²) in [5.74, 6) is 1.96. The highest BCUT2D eigenvalue weighted by Crippen LogP contribution is 2.49. The van der Waals surface area contributed by atoms with Gasteiger partial charge in [0.2, 0.25) is 0 Å². The van der Waals surface area contributed by atoms with Gasteiger partial charge < -0.3 is 30.2 Å². The molecule has 8 rings (SSSR count). The molecule has 3 aliphatic rings. The number of aromatic amines is 1. The summed E-state index contributed by atoms with van der Waals surface area (Å²) in [5.41, 5.74) is 9.66. The number of nitrogens with two attached hydrogens (primary N) is 1. The van der Waals surface area contributed by atoms with Gasteiger partial charge in [-0.15, -0.1) is 11.3 Å². The molecule has 1 saturated heterocycles. The van der Waals surface area contributed by atoms with Gasteiger partial charge in [0.15, 0.2) is 5.82 Å². The number of nitrogen functional groups attached to an aromatic ring is 1. The first kappa shape index (κ1) is 29.3. The van der Waals surface area contributed by atoms with Crippen LogP contribution in [-0.2, 0) is 29.2 Å². The first-order valence-electron chi connectivity index (χ1n) is 15.0. The topological polar surface area (TPSA) is 160 Å². The van der Waals surface area contributed by atoms with Crippen LogP contribution >= 0.6 is 22.9 Å². The molecule has 15 heteroatoms. The molecule has 2 aromatic carbocycles. The summed E-state index contributed by atoms with van der Waals surface area (Å²) in [6.45, 7) is 3.31. The number of likely N-dealkylation sites (N-methyl/N-ethyl adjacent to an activating group) is 1. The van der Waals surface area contributed by atoms with Crippen LogP contribution in [-0.4, -0.2) is 69.5 Å². The van der Waals surface area contributed by atoms with E-state index in [1.165, 1.54) is 6.07 Å². The molecule has 1 atom stereocenters. The van der Waals surface area contributed by atoms with Gasteiger partial charge in [-0.05, 0) is 42.6 Å². The molecule has 3 aromatic heterocycles. The van der Waals surface area contributed by atoms with E-state index in [0.717, 1.165) is 54.2 Å². The van der Waals surface area contributed by atoms with Gasteiger partial charge in [-0.3, -0.25) is 5.10 Å². The van der Waals surface area contributed by atoms with E-state index in [1.54, 1.807) is 6.07 Å². The van der Waals surface area contributed by atoms with E-state index in [1.807, 2.05) is 7.05 Å². The van der Waals surface area contributed by atoms with Gasteiger partial charge in [-0.25, -0.2) is 9.37 Å². The van der Waals surface area contributed by atoms with Gasteiger partial charge in [0.25, 0.3) is 0 Å². The van der Waals surface area contributed by atoms with Crippen molar-refractivity contribution in [2.24, 2.45) is 0 Å². The van der Waals surface area contributed by atoms with Crippen LogP contribution in [0.5, 0.6) is 6.01 Å². The van der Waals surface area contributed by atoms with Gasteiger partial charge in [0.1, 0.15) is 41.2 Å². The zero-order valence-corrected chi connectivity index (χ0v) is 26.4. The van der Waals surface area contributed by atoms with Crippen molar-refractivity contribution >= 4 is 54.7 Å². The second-order valence-electron chi connectivity index (χ2n) is 11.8. The zero-order valence-electron chi connectivity index (χ0n) is 24.8. The maximum Gasteiger partial charge on any atom is 0.319 e. The molecule has 1 saturated carbocycles. The Morgan fingerprint density at radius 2 is 2.09 bits per heavy atom. The van der Waals surface area contributed by atoms with Gasteiger partial charge in [-0.2, -0.15) is 20.3 Å². The van der Waals surface area contributed by atoms with Crippen molar-refractivity contribution in [1.29, 1.82) is 5.26 Å². The molecule has 1 aliphatic carbocycles. The highest BCUT2D eigenvalue weighted by atomic mass is 35.5.